The number of benzene rings is 1. The highest BCUT2D eigenvalue weighted by Crippen LogP contribution is 2.23. The summed E-state index contributed by atoms with van der Waals surface area (Å²) in [6.45, 7) is 6.70. The molecular formula is C23H34N4O8. The largest absolute Gasteiger partial charge is 0.508 e. The van der Waals surface area contributed by atoms with E-state index in [-0.39, 0.29) is 25.3 Å². The Balaban J connectivity index is 3.16. The number of primary amides is 1. The molecule has 1 rings (SSSR count). The van der Waals surface area contributed by atoms with E-state index in [2.05, 4.69) is 10.6 Å². The van der Waals surface area contributed by atoms with Gasteiger partial charge in [0.2, 0.25) is 17.7 Å². The predicted octanol–water partition coefficient (Wildman–Crippen LogP) is 0.730. The topological polar surface area (TPSA) is 177 Å². The summed E-state index contributed by atoms with van der Waals surface area (Å²) < 4.78 is 9.99. The number of hydrogen-bond donors (Lipinski definition) is 4. The van der Waals surface area contributed by atoms with Crippen molar-refractivity contribution in [2.45, 2.75) is 58.2 Å². The number of rotatable bonds is 11. The molecule has 2 unspecified atom stereocenters. The number of carbonyl (C=O) groups is 5. The van der Waals surface area contributed by atoms with Crippen LogP contribution in [-0.2, 0) is 28.7 Å². The number of nitrogens with two attached hydrogens (primary N) is 1. The summed E-state index contributed by atoms with van der Waals surface area (Å²) >= 11 is 0. The van der Waals surface area contributed by atoms with Crippen LogP contribution in [0.4, 0.5) is 4.79 Å². The monoisotopic (exact) mass is 494 g/mol. The second-order valence-electron chi connectivity index (χ2n) is 8.66. The molecule has 35 heavy (non-hydrogen) atoms. The van der Waals surface area contributed by atoms with Crippen LogP contribution in [0.3, 0.4) is 0 Å². The number of aromatic hydroxyl groups is 1. The average molecular weight is 495 g/mol. The van der Waals surface area contributed by atoms with Crippen LogP contribution in [-0.4, -0.2) is 71.6 Å². The molecule has 0 saturated heterocycles. The zero-order valence-electron chi connectivity index (χ0n) is 20.6. The van der Waals surface area contributed by atoms with Crippen LogP contribution in [0.2, 0.25) is 0 Å². The van der Waals surface area contributed by atoms with Crippen molar-refractivity contribution in [3.63, 3.8) is 0 Å². The van der Waals surface area contributed by atoms with Gasteiger partial charge in [-0.1, -0.05) is 12.1 Å². The van der Waals surface area contributed by atoms with E-state index in [4.69, 9.17) is 15.2 Å². The third kappa shape index (κ3) is 10.3. The van der Waals surface area contributed by atoms with Crippen molar-refractivity contribution < 1.29 is 38.6 Å². The van der Waals surface area contributed by atoms with Crippen LogP contribution in [0.25, 0.3) is 0 Å². The van der Waals surface area contributed by atoms with E-state index in [1.165, 1.54) is 31.3 Å². The summed E-state index contributed by atoms with van der Waals surface area (Å²) in [5.41, 5.74) is 4.74. The summed E-state index contributed by atoms with van der Waals surface area (Å²) in [4.78, 5) is 62.8. The first-order valence-electron chi connectivity index (χ1n) is 11.0. The minimum Gasteiger partial charge on any atom is -0.508 e. The maximum Gasteiger partial charge on any atom is 0.408 e. The van der Waals surface area contributed by atoms with Crippen LogP contribution in [0.15, 0.2) is 24.3 Å². The first kappa shape index (κ1) is 29.2. The second kappa shape index (κ2) is 13.2. The lowest BCUT2D eigenvalue weighted by Crippen LogP contribution is -2.52. The molecule has 0 fully saturated rings. The summed E-state index contributed by atoms with van der Waals surface area (Å²) in [5.74, 6) is -2.82. The molecule has 4 amide bonds. The number of carbonyl (C=O) groups excluding carboxylic acids is 5. The standard InChI is InChI=1S/C23H34N4O8/c1-6-34-18(30)11-12-25-20(31)19(14-7-9-15(28)10-8-14)27(5)21(32)16(13-17(24)29)26-22(33)35-23(2,3)4/h7-10,16,19,28H,6,11-13H2,1-5H3,(H2,24,29)(H,25,31)(H,26,33). The van der Waals surface area contributed by atoms with E-state index in [0.717, 1.165) is 4.90 Å². The Morgan fingerprint density at radius 3 is 2.23 bits per heavy atom. The SMILES string of the molecule is CCOC(=O)CCNC(=O)C(c1ccc(O)cc1)N(C)C(=O)C(CC(N)=O)NC(=O)OC(C)(C)C. The highest BCUT2D eigenvalue weighted by atomic mass is 16.6. The fourth-order valence-electron chi connectivity index (χ4n) is 3.05. The summed E-state index contributed by atoms with van der Waals surface area (Å²) in [6.07, 6.45) is -1.55. The molecule has 2 atom stereocenters. The van der Waals surface area contributed by atoms with Crippen LogP contribution in [0.5, 0.6) is 5.75 Å². The fraction of sp³-hybridized carbons (Fsp3) is 0.522. The Hall–Kier alpha value is -3.83. The van der Waals surface area contributed by atoms with Gasteiger partial charge in [-0.25, -0.2) is 4.79 Å². The number of phenols is 1. The second-order valence-corrected chi connectivity index (χ2v) is 8.66. The molecule has 0 bridgehead atoms. The number of nitrogens with zero attached hydrogens (tertiary/aromatic N) is 1. The van der Waals surface area contributed by atoms with E-state index in [1.54, 1.807) is 27.7 Å². The van der Waals surface area contributed by atoms with Crippen molar-refractivity contribution in [3.8, 4) is 5.75 Å². The lowest BCUT2D eigenvalue weighted by molar-refractivity contribution is -0.143. The molecule has 12 nitrogen and oxygen atoms in total. The van der Waals surface area contributed by atoms with E-state index in [1.807, 2.05) is 0 Å². The molecule has 0 saturated carbocycles. The van der Waals surface area contributed by atoms with Crippen LogP contribution in [0, 0.1) is 0 Å². The van der Waals surface area contributed by atoms with E-state index >= 15 is 0 Å². The maximum atomic E-state index is 13.3. The Morgan fingerprint density at radius 1 is 1.11 bits per heavy atom. The van der Waals surface area contributed by atoms with Gasteiger partial charge < -0.3 is 35.8 Å². The molecule has 0 radical (unpaired) electrons. The number of likely N-dealkylation sites (N-methyl/N-ethyl adjacent to an activating group) is 1. The summed E-state index contributed by atoms with van der Waals surface area (Å²) in [7, 11) is 1.32. The Kier molecular flexibility index (Phi) is 11.0. The van der Waals surface area contributed by atoms with Crippen molar-refractivity contribution in [2.24, 2.45) is 5.73 Å². The number of esters is 1. The normalized spacial score (nSPS) is 12.6. The van der Waals surface area contributed by atoms with Gasteiger partial charge in [0.15, 0.2) is 0 Å². The number of hydrogen-bond acceptors (Lipinski definition) is 8. The lowest BCUT2D eigenvalue weighted by Gasteiger charge is -2.31. The third-order valence-electron chi connectivity index (χ3n) is 4.52. The molecule has 0 spiro atoms. The van der Waals surface area contributed by atoms with Gasteiger partial charge in [0.25, 0.3) is 0 Å². The fourth-order valence-corrected chi connectivity index (χ4v) is 3.05. The first-order chi connectivity index (χ1) is 16.2. The smallest absolute Gasteiger partial charge is 0.408 e. The van der Waals surface area contributed by atoms with Gasteiger partial charge in [-0.05, 0) is 45.4 Å². The Morgan fingerprint density at radius 2 is 1.71 bits per heavy atom. The van der Waals surface area contributed by atoms with Gasteiger partial charge in [-0.15, -0.1) is 0 Å². The van der Waals surface area contributed by atoms with Crippen molar-refractivity contribution in [3.05, 3.63) is 29.8 Å². The zero-order chi connectivity index (χ0) is 26.8. The number of amides is 4. The van der Waals surface area contributed by atoms with Crippen LogP contribution >= 0.6 is 0 Å². The lowest BCUT2D eigenvalue weighted by atomic mass is 10.0. The number of alkyl carbamates (subject to hydrolysis) is 1. The minimum absolute atomic E-state index is 0.0465. The average Bonchev–Trinajstić information content (AvgIpc) is 2.72. The van der Waals surface area contributed by atoms with E-state index < -0.39 is 53.9 Å². The summed E-state index contributed by atoms with van der Waals surface area (Å²) in [6, 6.07) is 2.94. The van der Waals surface area contributed by atoms with E-state index in [9.17, 15) is 29.1 Å². The quantitative estimate of drug-likeness (QED) is 0.325. The maximum absolute atomic E-state index is 13.3. The third-order valence-corrected chi connectivity index (χ3v) is 4.52. The van der Waals surface area contributed by atoms with Crippen molar-refractivity contribution in [2.75, 3.05) is 20.2 Å². The molecule has 0 heterocycles. The molecule has 0 aromatic heterocycles. The molecule has 194 valence electrons. The van der Waals surface area contributed by atoms with Gasteiger partial charge >= 0.3 is 12.1 Å². The van der Waals surface area contributed by atoms with Gasteiger partial charge in [0.05, 0.1) is 19.4 Å². The van der Waals surface area contributed by atoms with Crippen molar-refractivity contribution in [1.29, 1.82) is 0 Å². The molecule has 1 aromatic carbocycles. The minimum atomic E-state index is -1.40. The first-order valence-corrected chi connectivity index (χ1v) is 11.0. The van der Waals surface area contributed by atoms with Gasteiger partial charge in [0.1, 0.15) is 23.4 Å². The van der Waals surface area contributed by atoms with Crippen molar-refractivity contribution in [1.82, 2.24) is 15.5 Å². The van der Waals surface area contributed by atoms with Crippen molar-refractivity contribution >= 4 is 29.8 Å². The van der Waals surface area contributed by atoms with Gasteiger partial charge in [0, 0.05) is 13.6 Å². The van der Waals surface area contributed by atoms with Crippen LogP contribution in [0.1, 0.15) is 52.1 Å². The molecule has 12 heteroatoms. The molecule has 1 aromatic rings. The number of nitrogens with one attached hydrogen (secondary N) is 2. The van der Waals surface area contributed by atoms with Gasteiger partial charge in [-0.3, -0.25) is 19.2 Å². The molecule has 5 N–H and O–H groups in total. The predicted molar refractivity (Wildman–Crippen MR) is 125 cm³/mol. The molecule has 0 aliphatic heterocycles. The molecule has 0 aliphatic carbocycles. The number of ether oxygens (including phenoxy) is 2. The van der Waals surface area contributed by atoms with Crippen LogP contribution < -0.4 is 16.4 Å². The Bertz CT molecular complexity index is 911. The Labute approximate surface area is 204 Å². The van der Waals surface area contributed by atoms with E-state index in [0.29, 0.717) is 5.56 Å². The zero-order valence-corrected chi connectivity index (χ0v) is 20.6. The highest BCUT2D eigenvalue weighted by Gasteiger charge is 2.34. The molecule has 0 aliphatic rings. The molecular weight excluding hydrogens is 460 g/mol. The highest BCUT2D eigenvalue weighted by molar-refractivity contribution is 5.94. The number of phenolic OH excluding ortho intramolecular Hbond substituents is 1. The summed E-state index contributed by atoms with van der Waals surface area (Å²) in [5, 5.41) is 14.5. The van der Waals surface area contributed by atoms with Gasteiger partial charge in [-0.2, -0.15) is 0 Å².